The third kappa shape index (κ3) is 3.50. The number of hydrogen-bond acceptors (Lipinski definition) is 4. The number of hydrogen-bond donors (Lipinski definition) is 0. The highest BCUT2D eigenvalue weighted by atomic mass is 35.5. The monoisotopic (exact) mass is 282 g/mol. The third-order valence-corrected chi connectivity index (χ3v) is 4.26. The van der Waals surface area contributed by atoms with Crippen LogP contribution in [-0.2, 0) is 5.75 Å². The van der Waals surface area contributed by atoms with Gasteiger partial charge in [-0.05, 0) is 24.1 Å². The SMILES string of the molecule is CC[C@@H](SCc1nnc(C)o1)c1ccc(Cl)cc1. The summed E-state index contributed by atoms with van der Waals surface area (Å²) in [5.41, 5.74) is 1.28. The standard InChI is InChI=1S/C13H15ClN2OS/c1-3-12(10-4-6-11(14)7-5-10)18-8-13-16-15-9(2)17-13/h4-7,12H,3,8H2,1-2H3/t12-/m1/s1. The lowest BCUT2D eigenvalue weighted by molar-refractivity contribution is 0.485. The zero-order chi connectivity index (χ0) is 13.0. The van der Waals surface area contributed by atoms with E-state index in [1.807, 2.05) is 23.9 Å². The van der Waals surface area contributed by atoms with Gasteiger partial charge in [0.05, 0.1) is 5.75 Å². The Bertz CT molecular complexity index is 498. The van der Waals surface area contributed by atoms with Crippen LogP contribution in [-0.4, -0.2) is 10.2 Å². The molecule has 0 spiro atoms. The molecule has 1 heterocycles. The normalized spacial score (nSPS) is 12.6. The van der Waals surface area contributed by atoms with Crippen molar-refractivity contribution in [3.05, 3.63) is 46.6 Å². The van der Waals surface area contributed by atoms with Gasteiger partial charge in [0, 0.05) is 17.2 Å². The average molecular weight is 283 g/mol. The molecule has 0 radical (unpaired) electrons. The maximum atomic E-state index is 5.90. The first-order chi connectivity index (χ1) is 8.69. The van der Waals surface area contributed by atoms with Gasteiger partial charge < -0.3 is 4.42 Å². The molecule has 0 saturated heterocycles. The summed E-state index contributed by atoms with van der Waals surface area (Å²) in [5, 5.41) is 9.02. The lowest BCUT2D eigenvalue weighted by atomic mass is 10.1. The molecule has 0 bridgehead atoms. The van der Waals surface area contributed by atoms with Crippen LogP contribution in [0.15, 0.2) is 28.7 Å². The van der Waals surface area contributed by atoms with Crippen molar-refractivity contribution in [2.24, 2.45) is 0 Å². The van der Waals surface area contributed by atoms with Crippen LogP contribution in [0, 0.1) is 6.92 Å². The van der Waals surface area contributed by atoms with E-state index in [-0.39, 0.29) is 0 Å². The summed E-state index contributed by atoms with van der Waals surface area (Å²) in [6.45, 7) is 3.98. The minimum absolute atomic E-state index is 0.425. The van der Waals surface area contributed by atoms with E-state index in [1.54, 1.807) is 6.92 Å². The van der Waals surface area contributed by atoms with Crippen molar-refractivity contribution in [2.75, 3.05) is 0 Å². The van der Waals surface area contributed by atoms with Crippen LogP contribution in [0.2, 0.25) is 5.02 Å². The van der Waals surface area contributed by atoms with Crippen molar-refractivity contribution in [3.63, 3.8) is 0 Å². The third-order valence-electron chi connectivity index (χ3n) is 2.59. The molecule has 2 aromatic rings. The molecule has 1 atom stereocenters. The fourth-order valence-corrected chi connectivity index (χ4v) is 2.87. The van der Waals surface area contributed by atoms with Crippen LogP contribution in [0.4, 0.5) is 0 Å². The summed E-state index contributed by atoms with van der Waals surface area (Å²) in [4.78, 5) is 0. The van der Waals surface area contributed by atoms with E-state index >= 15 is 0 Å². The van der Waals surface area contributed by atoms with Crippen LogP contribution in [0.5, 0.6) is 0 Å². The van der Waals surface area contributed by atoms with Crippen LogP contribution < -0.4 is 0 Å². The highest BCUT2D eigenvalue weighted by Gasteiger charge is 2.12. The van der Waals surface area contributed by atoms with Crippen LogP contribution in [0.1, 0.15) is 35.9 Å². The number of thioether (sulfide) groups is 1. The van der Waals surface area contributed by atoms with Gasteiger partial charge in [-0.15, -0.1) is 22.0 Å². The summed E-state index contributed by atoms with van der Waals surface area (Å²) in [5.74, 6) is 2.04. The fourth-order valence-electron chi connectivity index (χ4n) is 1.69. The minimum atomic E-state index is 0.425. The molecule has 0 unspecified atom stereocenters. The molecule has 0 aliphatic rings. The number of rotatable bonds is 5. The van der Waals surface area contributed by atoms with Crippen molar-refractivity contribution in [1.29, 1.82) is 0 Å². The Morgan fingerprint density at radius 1 is 1.28 bits per heavy atom. The van der Waals surface area contributed by atoms with Crippen LogP contribution in [0.25, 0.3) is 0 Å². The van der Waals surface area contributed by atoms with E-state index in [1.165, 1.54) is 5.56 Å². The summed E-state index contributed by atoms with van der Waals surface area (Å²) in [6, 6.07) is 8.00. The molecular weight excluding hydrogens is 268 g/mol. The van der Waals surface area contributed by atoms with E-state index in [0.29, 0.717) is 17.0 Å². The predicted octanol–water partition coefficient (Wildman–Crippen LogP) is 4.42. The Labute approximate surface area is 116 Å². The molecule has 0 aliphatic heterocycles. The largest absolute Gasteiger partial charge is 0.425 e. The highest BCUT2D eigenvalue weighted by molar-refractivity contribution is 7.98. The number of halogens is 1. The number of benzene rings is 1. The second kappa shape index (κ2) is 6.25. The Hall–Kier alpha value is -1.00. The van der Waals surface area contributed by atoms with Gasteiger partial charge in [0.2, 0.25) is 11.8 Å². The molecule has 3 nitrogen and oxygen atoms in total. The summed E-state index contributed by atoms with van der Waals surface area (Å²) < 4.78 is 5.37. The fraction of sp³-hybridized carbons (Fsp3) is 0.385. The van der Waals surface area contributed by atoms with Gasteiger partial charge in [-0.3, -0.25) is 0 Å². The number of nitrogens with zero attached hydrogens (tertiary/aromatic N) is 2. The predicted molar refractivity (Wildman–Crippen MR) is 74.8 cm³/mol. The Morgan fingerprint density at radius 3 is 2.56 bits per heavy atom. The number of aromatic nitrogens is 2. The Balaban J connectivity index is 1.99. The molecule has 0 fully saturated rings. The molecule has 0 saturated carbocycles. The van der Waals surface area contributed by atoms with E-state index in [2.05, 4.69) is 29.3 Å². The summed E-state index contributed by atoms with van der Waals surface area (Å²) in [7, 11) is 0. The van der Waals surface area contributed by atoms with E-state index in [9.17, 15) is 0 Å². The molecule has 0 aliphatic carbocycles. The topological polar surface area (TPSA) is 38.9 Å². The molecule has 0 N–H and O–H groups in total. The van der Waals surface area contributed by atoms with Gasteiger partial charge in [0.1, 0.15) is 0 Å². The molecule has 1 aromatic carbocycles. The molecule has 2 rings (SSSR count). The molecular formula is C13H15ClN2OS. The molecule has 0 amide bonds. The smallest absolute Gasteiger partial charge is 0.226 e. The summed E-state index contributed by atoms with van der Waals surface area (Å²) in [6.07, 6.45) is 1.05. The Morgan fingerprint density at radius 2 is 2.00 bits per heavy atom. The molecule has 1 aromatic heterocycles. The number of aryl methyl sites for hydroxylation is 1. The quantitative estimate of drug-likeness (QED) is 0.814. The zero-order valence-electron chi connectivity index (χ0n) is 10.4. The van der Waals surface area contributed by atoms with Crippen molar-refractivity contribution in [2.45, 2.75) is 31.3 Å². The van der Waals surface area contributed by atoms with E-state index in [4.69, 9.17) is 16.0 Å². The minimum Gasteiger partial charge on any atom is -0.425 e. The molecule has 18 heavy (non-hydrogen) atoms. The Kier molecular flexibility index (Phi) is 4.66. The van der Waals surface area contributed by atoms with Crippen molar-refractivity contribution in [3.8, 4) is 0 Å². The first kappa shape index (κ1) is 13.4. The van der Waals surface area contributed by atoms with Gasteiger partial charge in [-0.25, -0.2) is 0 Å². The van der Waals surface area contributed by atoms with Gasteiger partial charge in [-0.2, -0.15) is 0 Å². The van der Waals surface area contributed by atoms with Crippen molar-refractivity contribution < 1.29 is 4.42 Å². The average Bonchev–Trinajstić information content (AvgIpc) is 2.78. The summed E-state index contributed by atoms with van der Waals surface area (Å²) >= 11 is 7.70. The lowest BCUT2D eigenvalue weighted by Crippen LogP contribution is -1.93. The molecule has 5 heteroatoms. The second-order valence-electron chi connectivity index (χ2n) is 3.97. The lowest BCUT2D eigenvalue weighted by Gasteiger charge is -2.13. The van der Waals surface area contributed by atoms with Crippen molar-refractivity contribution >= 4 is 23.4 Å². The maximum Gasteiger partial charge on any atom is 0.226 e. The van der Waals surface area contributed by atoms with Crippen LogP contribution in [0.3, 0.4) is 0 Å². The van der Waals surface area contributed by atoms with E-state index < -0.39 is 0 Å². The zero-order valence-corrected chi connectivity index (χ0v) is 12.0. The van der Waals surface area contributed by atoms with Gasteiger partial charge >= 0.3 is 0 Å². The van der Waals surface area contributed by atoms with E-state index in [0.717, 1.165) is 17.2 Å². The first-order valence-electron chi connectivity index (χ1n) is 5.85. The van der Waals surface area contributed by atoms with Gasteiger partial charge in [0.25, 0.3) is 0 Å². The maximum absolute atomic E-state index is 5.90. The van der Waals surface area contributed by atoms with Crippen molar-refractivity contribution in [1.82, 2.24) is 10.2 Å². The second-order valence-corrected chi connectivity index (χ2v) is 5.60. The van der Waals surface area contributed by atoms with Gasteiger partial charge in [0.15, 0.2) is 0 Å². The highest BCUT2D eigenvalue weighted by Crippen LogP contribution is 2.34. The van der Waals surface area contributed by atoms with Crippen LogP contribution >= 0.6 is 23.4 Å². The molecule has 96 valence electrons. The van der Waals surface area contributed by atoms with Gasteiger partial charge in [-0.1, -0.05) is 30.7 Å². The first-order valence-corrected chi connectivity index (χ1v) is 7.27.